The van der Waals surface area contributed by atoms with E-state index in [-0.39, 0.29) is 27.2 Å². The third kappa shape index (κ3) is 4.37. The van der Waals surface area contributed by atoms with Crippen LogP contribution < -0.4 is 20.1 Å². The first kappa shape index (κ1) is 23.4. The van der Waals surface area contributed by atoms with Crippen LogP contribution in [0.25, 0.3) is 22.2 Å². The molecule has 0 saturated carbocycles. The van der Waals surface area contributed by atoms with Crippen LogP contribution in [0.3, 0.4) is 0 Å². The van der Waals surface area contributed by atoms with Gasteiger partial charge < -0.3 is 15.4 Å². The molecule has 0 atom stereocenters. The monoisotopic (exact) mass is 503 g/mol. The van der Waals surface area contributed by atoms with E-state index in [0.29, 0.717) is 28.4 Å². The number of rotatable bonds is 7. The van der Waals surface area contributed by atoms with Gasteiger partial charge in [-0.25, -0.2) is 27.8 Å². The number of benzene rings is 1. The van der Waals surface area contributed by atoms with Crippen LogP contribution in [0, 0.1) is 5.82 Å². The molecule has 13 heteroatoms. The zero-order valence-electron chi connectivity index (χ0n) is 18.2. The molecule has 0 radical (unpaired) electrons. The Bertz CT molecular complexity index is 1500. The van der Waals surface area contributed by atoms with Crippen molar-refractivity contribution in [2.45, 2.75) is 4.90 Å². The Labute approximate surface area is 199 Å². The van der Waals surface area contributed by atoms with Crippen LogP contribution in [-0.2, 0) is 10.0 Å². The molecular formula is C21H19ClFN7O3S. The minimum Gasteiger partial charge on any atom is -0.480 e. The summed E-state index contributed by atoms with van der Waals surface area (Å²) >= 11 is 5.82. The van der Waals surface area contributed by atoms with Gasteiger partial charge in [-0.15, -0.1) is 0 Å². The summed E-state index contributed by atoms with van der Waals surface area (Å²) in [7, 11) is 0.339. The van der Waals surface area contributed by atoms with Gasteiger partial charge in [-0.1, -0.05) is 23.7 Å². The third-order valence-corrected chi connectivity index (χ3v) is 6.43. The van der Waals surface area contributed by atoms with Crippen LogP contribution in [0.2, 0.25) is 5.15 Å². The Morgan fingerprint density at radius 3 is 2.53 bits per heavy atom. The highest BCUT2D eigenvalue weighted by Crippen LogP contribution is 2.35. The molecule has 34 heavy (non-hydrogen) atoms. The summed E-state index contributed by atoms with van der Waals surface area (Å²) in [5.74, 6) is -0.258. The number of hydrogen-bond donors (Lipinski definition) is 3. The van der Waals surface area contributed by atoms with Crippen molar-refractivity contribution < 1.29 is 17.5 Å². The van der Waals surface area contributed by atoms with Crippen molar-refractivity contribution in [2.75, 3.05) is 36.6 Å². The lowest BCUT2D eigenvalue weighted by Gasteiger charge is -2.15. The van der Waals surface area contributed by atoms with Crippen molar-refractivity contribution in [3.63, 3.8) is 0 Å². The normalized spacial score (nSPS) is 11.3. The smallest absolute Gasteiger partial charge is 0.267 e. The number of ether oxygens (including phenoxy) is 1. The van der Waals surface area contributed by atoms with Crippen molar-refractivity contribution in [3.05, 3.63) is 53.6 Å². The fourth-order valence-corrected chi connectivity index (χ4v) is 4.56. The summed E-state index contributed by atoms with van der Waals surface area (Å²) in [6, 6.07) is 8.55. The highest BCUT2D eigenvalue weighted by molar-refractivity contribution is 7.92. The molecule has 0 aliphatic heterocycles. The molecule has 10 nitrogen and oxygen atoms in total. The molecule has 0 fully saturated rings. The maximum Gasteiger partial charge on any atom is 0.267 e. The lowest BCUT2D eigenvalue weighted by atomic mass is 10.0. The van der Waals surface area contributed by atoms with Gasteiger partial charge in [-0.2, -0.15) is 4.98 Å². The minimum atomic E-state index is -4.25. The van der Waals surface area contributed by atoms with Gasteiger partial charge in [0.05, 0.1) is 12.8 Å². The molecular weight excluding hydrogens is 485 g/mol. The summed E-state index contributed by atoms with van der Waals surface area (Å²) in [5, 5.41) is 6.40. The van der Waals surface area contributed by atoms with Crippen LogP contribution >= 0.6 is 11.6 Å². The maximum atomic E-state index is 15.6. The number of methoxy groups -OCH3 is 1. The number of hydrogen-bond acceptors (Lipinski definition) is 9. The van der Waals surface area contributed by atoms with E-state index in [2.05, 4.69) is 35.3 Å². The molecule has 176 valence electrons. The average molecular weight is 504 g/mol. The van der Waals surface area contributed by atoms with E-state index in [9.17, 15) is 8.42 Å². The van der Waals surface area contributed by atoms with E-state index in [1.807, 2.05) is 0 Å². The predicted octanol–water partition coefficient (Wildman–Crippen LogP) is 3.77. The molecule has 1 aromatic carbocycles. The van der Waals surface area contributed by atoms with Crippen LogP contribution in [0.1, 0.15) is 0 Å². The van der Waals surface area contributed by atoms with Gasteiger partial charge in [0, 0.05) is 36.8 Å². The largest absolute Gasteiger partial charge is 0.480 e. The van der Waals surface area contributed by atoms with E-state index in [1.54, 1.807) is 26.4 Å². The number of nitrogens with zero attached hydrogens (tertiary/aromatic N) is 4. The minimum absolute atomic E-state index is 0.0539. The molecule has 0 bridgehead atoms. The molecule has 3 heterocycles. The van der Waals surface area contributed by atoms with Gasteiger partial charge in [0.25, 0.3) is 10.0 Å². The van der Waals surface area contributed by atoms with Gasteiger partial charge in [-0.05, 0) is 24.3 Å². The number of aromatic nitrogens is 4. The average Bonchev–Trinajstić information content (AvgIpc) is 2.83. The Hall–Kier alpha value is -3.77. The standard InChI is InChI=1S/C21H19ClFN7O3S/c1-24-19-13(9-11-10-26-21(25-2)29-18(11)28-19)12-5-4-6-14(17(12)23)30-34(31,32)15-7-8-16(22)27-20(15)33-3/h4-10,30H,1-3H3,(H2,24,25,26,28,29). The number of anilines is 3. The van der Waals surface area contributed by atoms with Crippen molar-refractivity contribution in [3.8, 4) is 17.0 Å². The Balaban J connectivity index is 1.79. The topological polar surface area (TPSA) is 131 Å². The lowest BCUT2D eigenvalue weighted by molar-refractivity contribution is 0.385. The van der Waals surface area contributed by atoms with Crippen LogP contribution in [-0.4, -0.2) is 49.6 Å². The summed E-state index contributed by atoms with van der Waals surface area (Å²) in [6.45, 7) is 0. The molecule has 0 amide bonds. The van der Waals surface area contributed by atoms with Gasteiger partial charge in [-0.3, -0.25) is 4.72 Å². The molecule has 4 aromatic rings. The first-order valence-electron chi connectivity index (χ1n) is 9.83. The van der Waals surface area contributed by atoms with Gasteiger partial charge >= 0.3 is 0 Å². The van der Waals surface area contributed by atoms with E-state index in [1.165, 1.54) is 37.4 Å². The highest BCUT2D eigenvalue weighted by Gasteiger charge is 2.24. The summed E-state index contributed by atoms with van der Waals surface area (Å²) in [5.41, 5.74) is 0.670. The first-order chi connectivity index (χ1) is 16.3. The second-order valence-corrected chi connectivity index (χ2v) is 8.94. The van der Waals surface area contributed by atoms with E-state index in [4.69, 9.17) is 16.3 Å². The molecule has 0 aliphatic rings. The van der Waals surface area contributed by atoms with Crippen LogP contribution in [0.15, 0.2) is 47.5 Å². The number of fused-ring (bicyclic) bond motifs is 1. The summed E-state index contributed by atoms with van der Waals surface area (Å²) in [6.07, 6.45) is 1.56. The van der Waals surface area contributed by atoms with Gasteiger partial charge in [0.15, 0.2) is 11.5 Å². The molecule has 3 aromatic heterocycles. The first-order valence-corrected chi connectivity index (χ1v) is 11.7. The van der Waals surface area contributed by atoms with Crippen molar-refractivity contribution >= 4 is 50.1 Å². The SMILES string of the molecule is CNc1ncc2cc(-c3cccc(NS(=O)(=O)c4ccc(Cl)nc4OC)c3F)c(NC)nc2n1. The number of sulfonamides is 1. The molecule has 4 rings (SSSR count). The van der Waals surface area contributed by atoms with Crippen molar-refractivity contribution in [1.82, 2.24) is 19.9 Å². The van der Waals surface area contributed by atoms with Crippen LogP contribution in [0.5, 0.6) is 5.88 Å². The quantitative estimate of drug-likeness (QED) is 0.322. The fraction of sp³-hybridized carbons (Fsp3) is 0.143. The zero-order chi connectivity index (χ0) is 24.5. The lowest BCUT2D eigenvalue weighted by Crippen LogP contribution is -2.16. The Kier molecular flexibility index (Phi) is 6.35. The fourth-order valence-electron chi connectivity index (χ4n) is 3.25. The van der Waals surface area contributed by atoms with Crippen LogP contribution in [0.4, 0.5) is 21.8 Å². The highest BCUT2D eigenvalue weighted by atomic mass is 35.5. The second-order valence-electron chi connectivity index (χ2n) is 6.90. The van der Waals surface area contributed by atoms with E-state index < -0.39 is 15.8 Å². The molecule has 0 spiro atoms. The zero-order valence-corrected chi connectivity index (χ0v) is 19.8. The number of pyridine rings is 2. The van der Waals surface area contributed by atoms with E-state index in [0.717, 1.165) is 0 Å². The van der Waals surface area contributed by atoms with Crippen molar-refractivity contribution in [1.29, 1.82) is 0 Å². The molecule has 0 unspecified atom stereocenters. The Morgan fingerprint density at radius 1 is 1.03 bits per heavy atom. The summed E-state index contributed by atoms with van der Waals surface area (Å²) < 4.78 is 48.8. The molecule has 0 aliphatic carbocycles. The maximum absolute atomic E-state index is 15.6. The van der Waals surface area contributed by atoms with Gasteiger partial charge in [0.2, 0.25) is 11.8 Å². The third-order valence-electron chi connectivity index (χ3n) is 4.84. The predicted molar refractivity (Wildman–Crippen MR) is 128 cm³/mol. The molecule has 0 saturated heterocycles. The summed E-state index contributed by atoms with van der Waals surface area (Å²) in [4.78, 5) is 16.5. The van der Waals surface area contributed by atoms with E-state index >= 15 is 4.39 Å². The Morgan fingerprint density at radius 2 is 1.82 bits per heavy atom. The van der Waals surface area contributed by atoms with Crippen molar-refractivity contribution in [2.24, 2.45) is 0 Å². The second kappa shape index (κ2) is 9.23. The number of halogens is 2. The molecule has 3 N–H and O–H groups in total. The number of nitrogens with one attached hydrogen (secondary N) is 3. The van der Waals surface area contributed by atoms with Gasteiger partial charge in [0.1, 0.15) is 15.9 Å².